The molecular weight excluding hydrogens is 208 g/mol. The zero-order valence-electron chi connectivity index (χ0n) is 8.97. The van der Waals surface area contributed by atoms with Crippen LogP contribution in [0.4, 0.5) is 0 Å². The van der Waals surface area contributed by atoms with Gasteiger partial charge in [-0.05, 0) is 38.0 Å². The molecule has 1 aromatic heterocycles. The first kappa shape index (κ1) is 10.5. The molecule has 0 unspecified atom stereocenters. The van der Waals surface area contributed by atoms with E-state index in [0.29, 0.717) is 0 Å². The third-order valence-corrected chi connectivity index (χ3v) is 2.61. The van der Waals surface area contributed by atoms with Crippen molar-refractivity contribution in [3.63, 3.8) is 0 Å². The second kappa shape index (κ2) is 3.54. The third-order valence-electron chi connectivity index (χ3n) is 2.38. The number of aromatic amines is 1. The molecule has 0 radical (unpaired) electrons. The van der Waals surface area contributed by atoms with E-state index in [1.807, 2.05) is 38.2 Å². The van der Waals surface area contributed by atoms with Gasteiger partial charge in [-0.1, -0.05) is 17.7 Å². The van der Waals surface area contributed by atoms with Crippen LogP contribution in [0.5, 0.6) is 0 Å². The van der Waals surface area contributed by atoms with Gasteiger partial charge in [0.2, 0.25) is 0 Å². The number of H-pyrrole nitrogens is 1. The van der Waals surface area contributed by atoms with Crippen LogP contribution in [0.25, 0.3) is 10.9 Å². The summed E-state index contributed by atoms with van der Waals surface area (Å²) in [5.74, 6) is 0. The first-order valence-corrected chi connectivity index (χ1v) is 5.38. The summed E-state index contributed by atoms with van der Waals surface area (Å²) in [7, 11) is 0. The molecule has 0 amide bonds. The van der Waals surface area contributed by atoms with E-state index >= 15 is 0 Å². The number of nitrogens with one attached hydrogen (secondary N) is 1. The average molecular weight is 223 g/mol. The summed E-state index contributed by atoms with van der Waals surface area (Å²) in [5.41, 5.74) is 8.14. The Labute approximate surface area is 94.4 Å². The van der Waals surface area contributed by atoms with Crippen molar-refractivity contribution >= 4 is 22.5 Å². The van der Waals surface area contributed by atoms with E-state index < -0.39 is 0 Å². The molecule has 1 aromatic carbocycles. The van der Waals surface area contributed by atoms with Gasteiger partial charge in [-0.15, -0.1) is 0 Å². The Balaban J connectivity index is 2.45. The molecule has 3 N–H and O–H groups in total. The molecule has 0 atom stereocenters. The largest absolute Gasteiger partial charge is 0.361 e. The third kappa shape index (κ3) is 2.33. The van der Waals surface area contributed by atoms with Gasteiger partial charge in [0.05, 0.1) is 0 Å². The maximum atomic E-state index is 6.01. The van der Waals surface area contributed by atoms with Gasteiger partial charge in [0, 0.05) is 27.7 Å². The van der Waals surface area contributed by atoms with Crippen molar-refractivity contribution in [3.8, 4) is 0 Å². The van der Waals surface area contributed by atoms with Crippen molar-refractivity contribution in [2.45, 2.75) is 25.8 Å². The maximum Gasteiger partial charge on any atom is 0.0471 e. The van der Waals surface area contributed by atoms with E-state index in [1.54, 1.807) is 0 Å². The van der Waals surface area contributed by atoms with E-state index in [9.17, 15) is 0 Å². The van der Waals surface area contributed by atoms with Crippen molar-refractivity contribution in [2.24, 2.45) is 5.73 Å². The lowest BCUT2D eigenvalue weighted by molar-refractivity contribution is 0.518. The van der Waals surface area contributed by atoms with Crippen LogP contribution in [0.1, 0.15) is 19.4 Å². The van der Waals surface area contributed by atoms with E-state index in [-0.39, 0.29) is 5.54 Å². The summed E-state index contributed by atoms with van der Waals surface area (Å²) < 4.78 is 0. The quantitative estimate of drug-likeness (QED) is 0.806. The molecule has 1 heterocycles. The van der Waals surface area contributed by atoms with Crippen LogP contribution in [0.3, 0.4) is 0 Å². The zero-order chi connectivity index (χ0) is 11.1. The summed E-state index contributed by atoms with van der Waals surface area (Å²) in [6.07, 6.45) is 2.87. The minimum absolute atomic E-state index is 0.186. The van der Waals surface area contributed by atoms with E-state index in [0.717, 1.165) is 17.0 Å². The minimum Gasteiger partial charge on any atom is -0.361 e. The lowest BCUT2D eigenvalue weighted by Crippen LogP contribution is -2.34. The second-order valence-corrected chi connectivity index (χ2v) is 5.11. The first-order valence-electron chi connectivity index (χ1n) is 5.00. The van der Waals surface area contributed by atoms with E-state index in [2.05, 4.69) is 4.98 Å². The molecular formula is C12H15ClN2. The number of hydrogen-bond acceptors (Lipinski definition) is 1. The van der Waals surface area contributed by atoms with E-state index in [4.69, 9.17) is 17.3 Å². The van der Waals surface area contributed by atoms with Crippen molar-refractivity contribution in [2.75, 3.05) is 0 Å². The Morgan fingerprint density at radius 1 is 1.40 bits per heavy atom. The summed E-state index contributed by atoms with van der Waals surface area (Å²) >= 11 is 5.92. The monoisotopic (exact) mass is 222 g/mol. The van der Waals surface area contributed by atoms with Crippen LogP contribution < -0.4 is 5.73 Å². The predicted molar refractivity (Wildman–Crippen MR) is 65.3 cm³/mol. The molecule has 0 fully saturated rings. The molecule has 0 aliphatic rings. The van der Waals surface area contributed by atoms with Crippen molar-refractivity contribution in [1.29, 1.82) is 0 Å². The van der Waals surface area contributed by atoms with Gasteiger partial charge in [-0.25, -0.2) is 0 Å². The fourth-order valence-electron chi connectivity index (χ4n) is 1.80. The van der Waals surface area contributed by atoms with Gasteiger partial charge >= 0.3 is 0 Å². The predicted octanol–water partition coefficient (Wildman–Crippen LogP) is 3.10. The first-order chi connectivity index (χ1) is 6.96. The second-order valence-electron chi connectivity index (χ2n) is 4.67. The van der Waals surface area contributed by atoms with Gasteiger partial charge in [0.1, 0.15) is 0 Å². The fourth-order valence-corrected chi connectivity index (χ4v) is 1.97. The lowest BCUT2D eigenvalue weighted by atomic mass is 9.96. The standard InChI is InChI=1S/C12H15ClN2/c1-12(2,14)6-8-7-15-11-5-9(13)3-4-10(8)11/h3-5,7,15H,6,14H2,1-2H3. The number of fused-ring (bicyclic) bond motifs is 1. The molecule has 0 aliphatic heterocycles. The summed E-state index contributed by atoms with van der Waals surface area (Å²) in [4.78, 5) is 3.21. The van der Waals surface area contributed by atoms with Crippen LogP contribution in [0.15, 0.2) is 24.4 Å². The Hall–Kier alpha value is -0.990. The number of benzene rings is 1. The van der Waals surface area contributed by atoms with Gasteiger partial charge in [-0.2, -0.15) is 0 Å². The van der Waals surface area contributed by atoms with Crippen LogP contribution in [-0.2, 0) is 6.42 Å². The highest BCUT2D eigenvalue weighted by atomic mass is 35.5. The molecule has 3 heteroatoms. The van der Waals surface area contributed by atoms with Crippen LogP contribution in [0, 0.1) is 0 Å². The maximum absolute atomic E-state index is 6.01. The highest BCUT2D eigenvalue weighted by molar-refractivity contribution is 6.31. The smallest absolute Gasteiger partial charge is 0.0471 e. The molecule has 80 valence electrons. The lowest BCUT2D eigenvalue weighted by Gasteiger charge is -2.17. The van der Waals surface area contributed by atoms with Crippen LogP contribution >= 0.6 is 11.6 Å². The van der Waals surface area contributed by atoms with Crippen LogP contribution in [0.2, 0.25) is 5.02 Å². The fraction of sp³-hybridized carbons (Fsp3) is 0.333. The molecule has 2 rings (SSSR count). The number of nitrogens with two attached hydrogens (primary N) is 1. The number of hydrogen-bond donors (Lipinski definition) is 2. The SMILES string of the molecule is CC(C)(N)Cc1c[nH]c2cc(Cl)ccc12. The molecule has 0 aliphatic carbocycles. The molecule has 0 bridgehead atoms. The van der Waals surface area contributed by atoms with Crippen molar-refractivity contribution in [1.82, 2.24) is 4.98 Å². The van der Waals surface area contributed by atoms with Crippen molar-refractivity contribution < 1.29 is 0 Å². The Kier molecular flexibility index (Phi) is 2.49. The summed E-state index contributed by atoms with van der Waals surface area (Å²) in [5, 5.41) is 1.96. The Morgan fingerprint density at radius 3 is 2.80 bits per heavy atom. The highest BCUT2D eigenvalue weighted by Crippen LogP contribution is 2.24. The van der Waals surface area contributed by atoms with Gasteiger partial charge in [0.15, 0.2) is 0 Å². The normalized spacial score (nSPS) is 12.3. The minimum atomic E-state index is -0.186. The van der Waals surface area contributed by atoms with Crippen LogP contribution in [-0.4, -0.2) is 10.5 Å². The molecule has 15 heavy (non-hydrogen) atoms. The molecule has 0 saturated heterocycles. The molecule has 0 spiro atoms. The topological polar surface area (TPSA) is 41.8 Å². The average Bonchev–Trinajstić information content (AvgIpc) is 2.45. The summed E-state index contributed by atoms with van der Waals surface area (Å²) in [6.45, 7) is 4.06. The zero-order valence-corrected chi connectivity index (χ0v) is 9.73. The van der Waals surface area contributed by atoms with Gasteiger partial charge in [0.25, 0.3) is 0 Å². The Bertz CT molecular complexity index is 480. The Morgan fingerprint density at radius 2 is 2.13 bits per heavy atom. The van der Waals surface area contributed by atoms with E-state index in [1.165, 1.54) is 10.9 Å². The highest BCUT2D eigenvalue weighted by Gasteiger charge is 2.14. The van der Waals surface area contributed by atoms with Gasteiger partial charge in [-0.3, -0.25) is 0 Å². The van der Waals surface area contributed by atoms with Crippen molar-refractivity contribution in [3.05, 3.63) is 35.0 Å². The number of rotatable bonds is 2. The molecule has 0 saturated carbocycles. The van der Waals surface area contributed by atoms with Gasteiger partial charge < -0.3 is 10.7 Å². The molecule has 2 aromatic rings. The molecule has 2 nitrogen and oxygen atoms in total. The number of aromatic nitrogens is 1. The summed E-state index contributed by atoms with van der Waals surface area (Å²) in [6, 6.07) is 5.88. The number of halogens is 1.